The van der Waals surface area contributed by atoms with Crippen molar-refractivity contribution < 1.29 is 23.2 Å². The number of aromatic nitrogens is 2. The molecule has 6 nitrogen and oxygen atoms in total. The van der Waals surface area contributed by atoms with E-state index in [1.807, 2.05) is 0 Å². The summed E-state index contributed by atoms with van der Waals surface area (Å²) in [6.07, 6.45) is -4.88. The smallest absolute Gasteiger partial charge is 0.392 e. The Bertz CT molecular complexity index is 413. The van der Waals surface area contributed by atoms with Crippen LogP contribution in [-0.2, 0) is 12.7 Å². The number of imidazole rings is 1. The fourth-order valence-electron chi connectivity index (χ4n) is 1.30. The van der Waals surface area contributed by atoms with Gasteiger partial charge in [0.15, 0.2) is 5.82 Å². The molecule has 0 saturated heterocycles. The molecular formula is C7H8F3N3O3. The molecule has 16 heavy (non-hydrogen) atoms. The van der Waals surface area contributed by atoms with E-state index in [0.29, 0.717) is 0 Å². The summed E-state index contributed by atoms with van der Waals surface area (Å²) in [6, 6.07) is 0. The molecule has 0 unspecified atom stereocenters. The van der Waals surface area contributed by atoms with Crippen molar-refractivity contribution in [2.75, 3.05) is 6.61 Å². The van der Waals surface area contributed by atoms with Crippen molar-refractivity contribution in [2.24, 2.45) is 0 Å². The van der Waals surface area contributed by atoms with E-state index in [9.17, 15) is 23.3 Å². The Hall–Kier alpha value is -1.64. The lowest BCUT2D eigenvalue weighted by Gasteiger charge is -2.04. The molecule has 1 aromatic rings. The van der Waals surface area contributed by atoms with Gasteiger partial charge in [0.05, 0.1) is 6.61 Å². The molecule has 9 heteroatoms. The number of aliphatic hydroxyl groups excluding tert-OH is 1. The van der Waals surface area contributed by atoms with Crippen molar-refractivity contribution in [1.82, 2.24) is 9.55 Å². The average molecular weight is 239 g/mol. The van der Waals surface area contributed by atoms with E-state index in [2.05, 4.69) is 4.98 Å². The number of nitro groups is 1. The fourth-order valence-corrected chi connectivity index (χ4v) is 1.30. The van der Waals surface area contributed by atoms with Gasteiger partial charge >= 0.3 is 12.0 Å². The van der Waals surface area contributed by atoms with Gasteiger partial charge in [-0.1, -0.05) is 0 Å². The first kappa shape index (κ1) is 12.4. The molecule has 90 valence electrons. The second-order valence-electron chi connectivity index (χ2n) is 2.96. The fraction of sp³-hybridized carbons (Fsp3) is 0.571. The summed E-state index contributed by atoms with van der Waals surface area (Å²) in [7, 11) is 0. The second-order valence-corrected chi connectivity index (χ2v) is 2.96. The standard InChI is InChI=1S/C7H8F3N3O3/c1-4-11-5(7(8,9)10)6(13(15)16)12(4)2-3-14/h14H,2-3H2,1H3. The second kappa shape index (κ2) is 4.08. The molecule has 0 spiro atoms. The van der Waals surface area contributed by atoms with Crippen LogP contribution in [0.4, 0.5) is 19.0 Å². The van der Waals surface area contributed by atoms with E-state index in [4.69, 9.17) is 5.11 Å². The number of halogens is 3. The maximum Gasteiger partial charge on any atom is 0.441 e. The minimum absolute atomic E-state index is 0.159. The highest BCUT2D eigenvalue weighted by Crippen LogP contribution is 2.35. The predicted molar refractivity (Wildman–Crippen MR) is 45.7 cm³/mol. The number of alkyl halides is 3. The molecule has 0 aliphatic rings. The van der Waals surface area contributed by atoms with Gasteiger partial charge in [0.1, 0.15) is 6.54 Å². The molecule has 1 N–H and O–H groups in total. The highest BCUT2D eigenvalue weighted by atomic mass is 19.4. The first-order valence-corrected chi connectivity index (χ1v) is 4.18. The van der Waals surface area contributed by atoms with Gasteiger partial charge in [-0.3, -0.25) is 0 Å². The van der Waals surface area contributed by atoms with E-state index in [1.54, 1.807) is 0 Å². The summed E-state index contributed by atoms with van der Waals surface area (Å²) in [6.45, 7) is 0.401. The van der Waals surface area contributed by atoms with E-state index >= 15 is 0 Å². The molecular weight excluding hydrogens is 231 g/mol. The molecule has 0 aliphatic carbocycles. The topological polar surface area (TPSA) is 81.2 Å². The Balaban J connectivity index is 3.41. The van der Waals surface area contributed by atoms with Crippen LogP contribution in [0.2, 0.25) is 0 Å². The van der Waals surface area contributed by atoms with Gasteiger partial charge in [0, 0.05) is 6.92 Å². The van der Waals surface area contributed by atoms with Crippen molar-refractivity contribution >= 4 is 5.82 Å². The Morgan fingerprint density at radius 2 is 2.12 bits per heavy atom. The number of hydrogen-bond acceptors (Lipinski definition) is 4. The molecule has 0 saturated carbocycles. The average Bonchev–Trinajstić information content (AvgIpc) is 2.44. The summed E-state index contributed by atoms with van der Waals surface area (Å²) in [5.74, 6) is -1.30. The van der Waals surface area contributed by atoms with E-state index in [0.717, 1.165) is 4.57 Å². The van der Waals surface area contributed by atoms with Crippen LogP contribution in [0.25, 0.3) is 0 Å². The Kier molecular flexibility index (Phi) is 3.17. The highest BCUT2D eigenvalue weighted by molar-refractivity contribution is 5.33. The molecule has 1 rings (SSSR count). The van der Waals surface area contributed by atoms with E-state index in [1.165, 1.54) is 6.92 Å². The normalized spacial score (nSPS) is 11.8. The summed E-state index contributed by atoms with van der Waals surface area (Å²) < 4.78 is 37.9. The lowest BCUT2D eigenvalue weighted by atomic mass is 10.4. The first-order valence-electron chi connectivity index (χ1n) is 4.18. The van der Waals surface area contributed by atoms with Gasteiger partial charge in [0.25, 0.3) is 0 Å². The van der Waals surface area contributed by atoms with Crippen LogP contribution in [0.3, 0.4) is 0 Å². The number of nitrogens with zero attached hydrogens (tertiary/aromatic N) is 3. The number of aryl methyl sites for hydroxylation is 1. The van der Waals surface area contributed by atoms with Crippen molar-refractivity contribution in [2.45, 2.75) is 19.6 Å². The van der Waals surface area contributed by atoms with Crippen LogP contribution in [0, 0.1) is 17.0 Å². The third kappa shape index (κ3) is 2.13. The summed E-state index contributed by atoms with van der Waals surface area (Å²) in [5, 5.41) is 19.2. The third-order valence-corrected chi connectivity index (χ3v) is 1.90. The molecule has 0 bridgehead atoms. The zero-order chi connectivity index (χ0) is 12.5. The van der Waals surface area contributed by atoms with Crippen LogP contribution >= 0.6 is 0 Å². The van der Waals surface area contributed by atoms with E-state index < -0.39 is 29.2 Å². The van der Waals surface area contributed by atoms with Crippen LogP contribution in [0.1, 0.15) is 11.5 Å². The number of hydrogen-bond donors (Lipinski definition) is 1. The van der Waals surface area contributed by atoms with Gasteiger partial charge in [-0.2, -0.15) is 13.2 Å². The predicted octanol–water partition coefficient (Wildman–Crippen LogP) is 1.11. The molecule has 0 atom stereocenters. The summed E-state index contributed by atoms with van der Waals surface area (Å²) in [4.78, 5) is 12.5. The monoisotopic (exact) mass is 239 g/mol. The number of aliphatic hydroxyl groups is 1. The zero-order valence-corrected chi connectivity index (χ0v) is 8.15. The van der Waals surface area contributed by atoms with Crippen LogP contribution < -0.4 is 0 Å². The van der Waals surface area contributed by atoms with Gasteiger partial charge in [0.2, 0.25) is 5.69 Å². The Labute approximate surface area is 87.5 Å². The Morgan fingerprint density at radius 1 is 1.56 bits per heavy atom. The van der Waals surface area contributed by atoms with Crippen LogP contribution in [-0.4, -0.2) is 26.2 Å². The lowest BCUT2D eigenvalue weighted by molar-refractivity contribution is -0.395. The third-order valence-electron chi connectivity index (χ3n) is 1.90. The van der Waals surface area contributed by atoms with Gasteiger partial charge in [-0.15, -0.1) is 0 Å². The Morgan fingerprint density at radius 3 is 2.50 bits per heavy atom. The number of rotatable bonds is 3. The van der Waals surface area contributed by atoms with Crippen molar-refractivity contribution in [3.8, 4) is 0 Å². The zero-order valence-electron chi connectivity index (χ0n) is 8.15. The van der Waals surface area contributed by atoms with Crippen molar-refractivity contribution in [1.29, 1.82) is 0 Å². The maximum atomic E-state index is 12.4. The first-order chi connectivity index (χ1) is 7.29. The van der Waals surface area contributed by atoms with Gasteiger partial charge in [-0.05, 0) is 4.92 Å². The molecule has 0 radical (unpaired) electrons. The van der Waals surface area contributed by atoms with E-state index in [-0.39, 0.29) is 12.4 Å². The quantitative estimate of drug-likeness (QED) is 0.632. The molecule has 0 fully saturated rings. The molecule has 0 aliphatic heterocycles. The summed E-state index contributed by atoms with van der Waals surface area (Å²) >= 11 is 0. The van der Waals surface area contributed by atoms with Crippen LogP contribution in [0.15, 0.2) is 0 Å². The highest BCUT2D eigenvalue weighted by Gasteiger charge is 2.44. The largest absolute Gasteiger partial charge is 0.441 e. The minimum atomic E-state index is -4.88. The van der Waals surface area contributed by atoms with Crippen LogP contribution in [0.5, 0.6) is 0 Å². The summed E-state index contributed by atoms with van der Waals surface area (Å²) in [5.41, 5.74) is -1.54. The molecule has 0 aromatic carbocycles. The van der Waals surface area contributed by atoms with Gasteiger partial charge in [-0.25, -0.2) is 9.55 Å². The minimum Gasteiger partial charge on any atom is -0.392 e. The molecule has 1 heterocycles. The maximum absolute atomic E-state index is 12.4. The lowest BCUT2D eigenvalue weighted by Crippen LogP contribution is -2.12. The molecule has 0 amide bonds. The SMILES string of the molecule is Cc1nc(C(F)(F)F)c([N+](=O)[O-])n1CCO. The van der Waals surface area contributed by atoms with Crippen molar-refractivity contribution in [3.05, 3.63) is 21.6 Å². The van der Waals surface area contributed by atoms with Gasteiger partial charge < -0.3 is 15.2 Å². The van der Waals surface area contributed by atoms with Crippen molar-refractivity contribution in [3.63, 3.8) is 0 Å². The molecule has 1 aromatic heterocycles.